The van der Waals surface area contributed by atoms with Gasteiger partial charge >= 0.3 is 0 Å². The molecule has 0 saturated heterocycles. The third-order valence-corrected chi connectivity index (χ3v) is 5.71. The number of benzene rings is 2. The Hall–Kier alpha value is -2.72. The van der Waals surface area contributed by atoms with Crippen LogP contribution in [0.1, 0.15) is 29.3 Å². The van der Waals surface area contributed by atoms with Crippen LogP contribution in [-0.4, -0.2) is 30.1 Å². The van der Waals surface area contributed by atoms with Crippen molar-refractivity contribution >= 4 is 10.9 Å². The predicted molar refractivity (Wildman–Crippen MR) is 107 cm³/mol. The smallest absolute Gasteiger partial charge is 0.119 e. The van der Waals surface area contributed by atoms with Gasteiger partial charge in [-0.2, -0.15) is 0 Å². The highest BCUT2D eigenvalue weighted by molar-refractivity contribution is 5.86. The molecule has 3 aromatic rings. The van der Waals surface area contributed by atoms with Gasteiger partial charge in [-0.1, -0.05) is 30.3 Å². The molecule has 3 heterocycles. The number of aromatic amines is 1. The van der Waals surface area contributed by atoms with Crippen LogP contribution >= 0.6 is 0 Å². The maximum atomic E-state index is 6.31. The Bertz CT molecular complexity index is 990. The van der Waals surface area contributed by atoms with Crippen molar-refractivity contribution in [3.8, 4) is 5.75 Å². The summed E-state index contributed by atoms with van der Waals surface area (Å²) in [6.45, 7) is 2.76. The quantitative estimate of drug-likeness (QED) is 0.740. The van der Waals surface area contributed by atoms with Crippen LogP contribution in [0.4, 0.5) is 0 Å². The number of aromatic nitrogens is 1. The molecule has 1 atom stereocenters. The minimum Gasteiger partial charge on any atom is -0.497 e. The first-order valence-electron chi connectivity index (χ1n) is 9.63. The number of ether oxygens (including phenoxy) is 2. The second-order valence-corrected chi connectivity index (χ2v) is 7.29. The van der Waals surface area contributed by atoms with E-state index >= 15 is 0 Å². The highest BCUT2D eigenvalue weighted by Gasteiger charge is 2.35. The molecule has 1 aromatic heterocycles. The zero-order valence-electron chi connectivity index (χ0n) is 15.6. The highest BCUT2D eigenvalue weighted by atomic mass is 16.5. The van der Waals surface area contributed by atoms with Gasteiger partial charge in [0.05, 0.1) is 7.11 Å². The molecule has 0 fully saturated rings. The van der Waals surface area contributed by atoms with E-state index in [1.807, 2.05) is 12.1 Å². The van der Waals surface area contributed by atoms with Gasteiger partial charge in [-0.25, -0.2) is 0 Å². The van der Waals surface area contributed by atoms with Crippen LogP contribution in [0.15, 0.2) is 60.4 Å². The zero-order chi connectivity index (χ0) is 18.2. The van der Waals surface area contributed by atoms with Gasteiger partial charge in [-0.3, -0.25) is 4.90 Å². The van der Waals surface area contributed by atoms with Crippen LogP contribution in [0.25, 0.3) is 10.9 Å². The summed E-state index contributed by atoms with van der Waals surface area (Å²) in [6, 6.07) is 16.9. The third kappa shape index (κ3) is 2.90. The summed E-state index contributed by atoms with van der Waals surface area (Å²) in [5, 5.41) is 1.27. The van der Waals surface area contributed by atoms with Crippen molar-refractivity contribution < 1.29 is 9.47 Å². The van der Waals surface area contributed by atoms with Gasteiger partial charge in [0, 0.05) is 29.7 Å². The van der Waals surface area contributed by atoms with Gasteiger partial charge in [-0.15, -0.1) is 0 Å². The molecule has 0 radical (unpaired) electrons. The molecular weight excluding hydrogens is 336 g/mol. The summed E-state index contributed by atoms with van der Waals surface area (Å²) >= 11 is 0. The van der Waals surface area contributed by atoms with Gasteiger partial charge in [0.2, 0.25) is 0 Å². The Morgan fingerprint density at radius 3 is 2.85 bits per heavy atom. The van der Waals surface area contributed by atoms with Crippen molar-refractivity contribution in [1.82, 2.24) is 9.88 Å². The van der Waals surface area contributed by atoms with E-state index in [1.165, 1.54) is 27.7 Å². The maximum Gasteiger partial charge on any atom is 0.119 e. The summed E-state index contributed by atoms with van der Waals surface area (Å²) in [5.41, 5.74) is 5.06. The van der Waals surface area contributed by atoms with E-state index in [0.29, 0.717) is 6.61 Å². The first-order valence-corrected chi connectivity index (χ1v) is 9.63. The summed E-state index contributed by atoms with van der Waals surface area (Å²) in [6.07, 6.45) is 4.38. The number of fused-ring (bicyclic) bond motifs is 5. The first kappa shape index (κ1) is 16.5. The van der Waals surface area contributed by atoms with E-state index in [2.05, 4.69) is 52.4 Å². The number of nitrogens with zero attached hydrogens (tertiary/aromatic N) is 1. The maximum absolute atomic E-state index is 6.31. The second kappa shape index (κ2) is 6.78. The van der Waals surface area contributed by atoms with Crippen molar-refractivity contribution in [1.29, 1.82) is 0 Å². The molecule has 4 heteroatoms. The minimum atomic E-state index is 0.185. The summed E-state index contributed by atoms with van der Waals surface area (Å²) in [7, 11) is 1.72. The Morgan fingerprint density at radius 1 is 1.11 bits per heavy atom. The fourth-order valence-corrected chi connectivity index (χ4v) is 4.37. The number of methoxy groups -OCH3 is 1. The van der Waals surface area contributed by atoms with Crippen molar-refractivity contribution in [3.63, 3.8) is 0 Å². The molecule has 4 nitrogen and oxygen atoms in total. The molecule has 0 bridgehead atoms. The zero-order valence-corrected chi connectivity index (χ0v) is 15.6. The van der Waals surface area contributed by atoms with Crippen molar-refractivity contribution in [2.75, 3.05) is 20.2 Å². The normalized spacial score (nSPS) is 19.3. The standard InChI is InChI=1S/C23H24N2O2/c1-26-17-9-10-20-19(14-17)18-11-13-25-12-5-8-21(23(25)22(18)24-20)27-15-16-6-3-2-4-7-16/h2-4,6-10,14,23-24H,5,11-13,15H2,1H3. The Morgan fingerprint density at radius 2 is 2.00 bits per heavy atom. The van der Waals surface area contributed by atoms with Crippen LogP contribution in [0.5, 0.6) is 5.75 Å². The molecule has 0 saturated carbocycles. The lowest BCUT2D eigenvalue weighted by Crippen LogP contribution is -2.39. The minimum absolute atomic E-state index is 0.185. The fourth-order valence-electron chi connectivity index (χ4n) is 4.37. The van der Waals surface area contributed by atoms with E-state index in [9.17, 15) is 0 Å². The van der Waals surface area contributed by atoms with E-state index in [-0.39, 0.29) is 6.04 Å². The molecule has 1 unspecified atom stereocenters. The largest absolute Gasteiger partial charge is 0.497 e. The Balaban J connectivity index is 1.50. The number of rotatable bonds is 4. The van der Waals surface area contributed by atoms with Gasteiger partial charge < -0.3 is 14.5 Å². The van der Waals surface area contributed by atoms with Gasteiger partial charge in [0.25, 0.3) is 0 Å². The van der Waals surface area contributed by atoms with Crippen LogP contribution in [-0.2, 0) is 17.8 Å². The lowest BCUT2D eigenvalue weighted by Gasteiger charge is -2.39. The molecular formula is C23H24N2O2. The van der Waals surface area contributed by atoms with Gasteiger partial charge in [-0.05, 0) is 48.2 Å². The first-order chi connectivity index (χ1) is 13.3. The van der Waals surface area contributed by atoms with E-state index in [1.54, 1.807) is 7.11 Å². The summed E-state index contributed by atoms with van der Waals surface area (Å²) < 4.78 is 11.7. The van der Waals surface area contributed by atoms with Crippen molar-refractivity contribution in [2.45, 2.75) is 25.5 Å². The van der Waals surface area contributed by atoms with Gasteiger partial charge in [0.15, 0.2) is 0 Å². The molecule has 0 amide bonds. The van der Waals surface area contributed by atoms with Crippen LogP contribution in [0.3, 0.4) is 0 Å². The molecule has 5 rings (SSSR count). The fraction of sp³-hybridized carbons (Fsp3) is 0.304. The average molecular weight is 360 g/mol. The molecule has 27 heavy (non-hydrogen) atoms. The monoisotopic (exact) mass is 360 g/mol. The van der Waals surface area contributed by atoms with Crippen molar-refractivity contribution in [2.24, 2.45) is 0 Å². The molecule has 0 spiro atoms. The van der Waals surface area contributed by atoms with Crippen LogP contribution in [0.2, 0.25) is 0 Å². The SMILES string of the molecule is COc1ccc2[nH]c3c(c2c1)CCN1CCC=C(OCc2ccccc2)C31. The lowest BCUT2D eigenvalue weighted by atomic mass is 9.93. The Kier molecular flexibility index (Phi) is 4.13. The number of nitrogens with one attached hydrogen (secondary N) is 1. The molecule has 0 aliphatic carbocycles. The molecule has 1 N–H and O–H groups in total. The third-order valence-electron chi connectivity index (χ3n) is 5.71. The topological polar surface area (TPSA) is 37.5 Å². The Labute approximate surface area is 159 Å². The van der Waals surface area contributed by atoms with Crippen LogP contribution < -0.4 is 4.74 Å². The van der Waals surface area contributed by atoms with E-state index in [0.717, 1.165) is 37.4 Å². The van der Waals surface area contributed by atoms with E-state index < -0.39 is 0 Å². The summed E-state index contributed by atoms with van der Waals surface area (Å²) in [5.74, 6) is 1.98. The second-order valence-electron chi connectivity index (χ2n) is 7.29. The molecule has 2 aromatic carbocycles. The number of H-pyrrole nitrogens is 1. The predicted octanol–water partition coefficient (Wildman–Crippen LogP) is 4.58. The molecule has 2 aliphatic heterocycles. The lowest BCUT2D eigenvalue weighted by molar-refractivity contribution is 0.0952. The number of hydrogen-bond donors (Lipinski definition) is 1. The molecule has 138 valence electrons. The van der Waals surface area contributed by atoms with Crippen molar-refractivity contribution in [3.05, 3.63) is 77.2 Å². The van der Waals surface area contributed by atoms with Gasteiger partial charge in [0.1, 0.15) is 24.2 Å². The highest BCUT2D eigenvalue weighted by Crippen LogP contribution is 2.41. The number of hydrogen-bond acceptors (Lipinski definition) is 3. The molecule has 2 aliphatic rings. The van der Waals surface area contributed by atoms with Crippen LogP contribution in [0, 0.1) is 0 Å². The van der Waals surface area contributed by atoms with E-state index in [4.69, 9.17) is 9.47 Å². The average Bonchev–Trinajstić information content (AvgIpc) is 3.10. The summed E-state index contributed by atoms with van der Waals surface area (Å²) in [4.78, 5) is 6.21.